The summed E-state index contributed by atoms with van der Waals surface area (Å²) in [5.74, 6) is 0.357. The van der Waals surface area contributed by atoms with Crippen LogP contribution in [0.2, 0.25) is 5.02 Å². The van der Waals surface area contributed by atoms with E-state index in [4.69, 9.17) is 22.1 Å². The standard InChI is InChI=1S/C12H14ClN3O3/c13-6-1-2-9(16(17)18)8(5-6)15-11-10(14)7-3-4-19-12(7)11/h1-2,5,7,10-12,15H,3-4,14H2. The van der Waals surface area contributed by atoms with Gasteiger partial charge in [0.1, 0.15) is 5.69 Å². The Balaban J connectivity index is 1.83. The van der Waals surface area contributed by atoms with Gasteiger partial charge >= 0.3 is 0 Å². The van der Waals surface area contributed by atoms with Gasteiger partial charge in [-0.15, -0.1) is 0 Å². The quantitative estimate of drug-likeness (QED) is 0.652. The molecule has 1 heterocycles. The van der Waals surface area contributed by atoms with Crippen molar-refractivity contribution in [2.45, 2.75) is 24.6 Å². The molecule has 1 saturated carbocycles. The van der Waals surface area contributed by atoms with E-state index in [1.807, 2.05) is 0 Å². The van der Waals surface area contributed by atoms with Crippen LogP contribution in [-0.4, -0.2) is 29.7 Å². The van der Waals surface area contributed by atoms with Crippen LogP contribution in [-0.2, 0) is 4.74 Å². The van der Waals surface area contributed by atoms with Crippen molar-refractivity contribution in [3.05, 3.63) is 33.3 Å². The number of benzene rings is 1. The van der Waals surface area contributed by atoms with E-state index in [0.717, 1.165) is 6.42 Å². The zero-order valence-corrected chi connectivity index (χ0v) is 10.8. The lowest BCUT2D eigenvalue weighted by Crippen LogP contribution is -2.65. The molecule has 19 heavy (non-hydrogen) atoms. The molecule has 2 aliphatic rings. The molecular formula is C12H14ClN3O3. The fourth-order valence-corrected chi connectivity index (χ4v) is 3.06. The van der Waals surface area contributed by atoms with Crippen molar-refractivity contribution in [2.75, 3.05) is 11.9 Å². The first-order valence-electron chi connectivity index (χ1n) is 6.15. The smallest absolute Gasteiger partial charge is 0.292 e. The SMILES string of the molecule is NC1C2CCOC2C1Nc1cc(Cl)ccc1[N+](=O)[O-]. The van der Waals surface area contributed by atoms with E-state index in [0.29, 0.717) is 23.2 Å². The fourth-order valence-electron chi connectivity index (χ4n) is 2.89. The Hall–Kier alpha value is -1.37. The molecule has 1 aliphatic heterocycles. The van der Waals surface area contributed by atoms with Gasteiger partial charge < -0.3 is 15.8 Å². The highest BCUT2D eigenvalue weighted by Crippen LogP contribution is 2.40. The van der Waals surface area contributed by atoms with Crippen molar-refractivity contribution >= 4 is 23.0 Å². The minimum atomic E-state index is -0.435. The van der Waals surface area contributed by atoms with Crippen LogP contribution in [0.3, 0.4) is 0 Å². The predicted molar refractivity (Wildman–Crippen MR) is 71.3 cm³/mol. The zero-order valence-electron chi connectivity index (χ0n) is 10.1. The lowest BCUT2D eigenvalue weighted by atomic mass is 9.72. The summed E-state index contributed by atoms with van der Waals surface area (Å²) >= 11 is 5.89. The van der Waals surface area contributed by atoms with Crippen LogP contribution in [0.5, 0.6) is 0 Å². The molecule has 1 aliphatic carbocycles. The molecule has 4 atom stereocenters. The Morgan fingerprint density at radius 3 is 3.05 bits per heavy atom. The van der Waals surface area contributed by atoms with Crippen LogP contribution in [0.25, 0.3) is 0 Å². The molecule has 1 saturated heterocycles. The van der Waals surface area contributed by atoms with Gasteiger partial charge in [-0.25, -0.2) is 0 Å². The highest BCUT2D eigenvalue weighted by Gasteiger charge is 2.52. The number of hydrogen-bond donors (Lipinski definition) is 2. The first-order valence-corrected chi connectivity index (χ1v) is 6.53. The van der Waals surface area contributed by atoms with Crippen molar-refractivity contribution in [1.29, 1.82) is 0 Å². The molecule has 0 radical (unpaired) electrons. The van der Waals surface area contributed by atoms with Crippen LogP contribution < -0.4 is 11.1 Å². The zero-order chi connectivity index (χ0) is 13.6. The number of anilines is 1. The third-order valence-electron chi connectivity index (χ3n) is 3.92. The number of rotatable bonds is 3. The maximum Gasteiger partial charge on any atom is 0.292 e. The number of fused-ring (bicyclic) bond motifs is 1. The summed E-state index contributed by atoms with van der Waals surface area (Å²) in [6.07, 6.45) is 1.01. The summed E-state index contributed by atoms with van der Waals surface area (Å²) in [5.41, 5.74) is 6.47. The van der Waals surface area contributed by atoms with Crippen LogP contribution >= 0.6 is 11.6 Å². The number of hydrogen-bond acceptors (Lipinski definition) is 5. The molecule has 2 fully saturated rings. The lowest BCUT2D eigenvalue weighted by Gasteiger charge is -2.46. The molecule has 0 aromatic heterocycles. The number of nitro benzene ring substituents is 1. The van der Waals surface area contributed by atoms with Gasteiger partial charge in [-0.1, -0.05) is 11.6 Å². The first-order chi connectivity index (χ1) is 9.08. The molecule has 3 rings (SSSR count). The third kappa shape index (κ3) is 2.05. The second kappa shape index (κ2) is 4.63. The van der Waals surface area contributed by atoms with Crippen molar-refractivity contribution in [2.24, 2.45) is 11.7 Å². The van der Waals surface area contributed by atoms with Crippen LogP contribution in [0, 0.1) is 16.0 Å². The summed E-state index contributed by atoms with van der Waals surface area (Å²) in [6, 6.07) is 4.31. The van der Waals surface area contributed by atoms with E-state index in [1.54, 1.807) is 6.07 Å². The van der Waals surface area contributed by atoms with Gasteiger partial charge in [0, 0.05) is 29.7 Å². The summed E-state index contributed by atoms with van der Waals surface area (Å²) < 4.78 is 5.59. The minimum absolute atomic E-state index is 0.00181. The number of nitrogens with one attached hydrogen (secondary N) is 1. The summed E-state index contributed by atoms with van der Waals surface area (Å²) in [7, 11) is 0. The molecule has 0 bridgehead atoms. The second-order valence-electron chi connectivity index (χ2n) is 4.95. The topological polar surface area (TPSA) is 90.4 Å². The Morgan fingerprint density at radius 1 is 1.53 bits per heavy atom. The van der Waals surface area contributed by atoms with E-state index in [1.165, 1.54) is 12.1 Å². The fraction of sp³-hybridized carbons (Fsp3) is 0.500. The van der Waals surface area contributed by atoms with Crippen molar-refractivity contribution in [3.8, 4) is 0 Å². The minimum Gasteiger partial charge on any atom is -0.376 e. The third-order valence-corrected chi connectivity index (χ3v) is 4.16. The monoisotopic (exact) mass is 283 g/mol. The van der Waals surface area contributed by atoms with Crippen molar-refractivity contribution < 1.29 is 9.66 Å². The highest BCUT2D eigenvalue weighted by atomic mass is 35.5. The molecule has 3 N–H and O–H groups in total. The van der Waals surface area contributed by atoms with Gasteiger partial charge in [-0.05, 0) is 18.6 Å². The normalized spacial score (nSPS) is 32.5. The van der Waals surface area contributed by atoms with Crippen molar-refractivity contribution in [1.82, 2.24) is 0 Å². The largest absolute Gasteiger partial charge is 0.376 e. The molecule has 0 spiro atoms. The Morgan fingerprint density at radius 2 is 2.32 bits per heavy atom. The average Bonchev–Trinajstić information content (AvgIpc) is 2.80. The number of nitrogens with zero attached hydrogens (tertiary/aromatic N) is 1. The Kier molecular flexibility index (Phi) is 3.08. The summed E-state index contributed by atoms with van der Waals surface area (Å²) in [4.78, 5) is 10.6. The van der Waals surface area contributed by atoms with Gasteiger partial charge in [0.2, 0.25) is 0 Å². The van der Waals surface area contributed by atoms with Gasteiger partial charge in [0.15, 0.2) is 0 Å². The second-order valence-corrected chi connectivity index (χ2v) is 5.39. The molecular weight excluding hydrogens is 270 g/mol. The highest BCUT2D eigenvalue weighted by molar-refractivity contribution is 6.31. The maximum absolute atomic E-state index is 11.0. The number of halogens is 1. The summed E-state index contributed by atoms with van der Waals surface area (Å²) in [6.45, 7) is 0.707. The van der Waals surface area contributed by atoms with Crippen LogP contribution in [0.15, 0.2) is 18.2 Å². The van der Waals surface area contributed by atoms with Crippen LogP contribution in [0.4, 0.5) is 11.4 Å². The van der Waals surface area contributed by atoms with Gasteiger partial charge in [0.25, 0.3) is 5.69 Å². The predicted octanol–water partition coefficient (Wildman–Crippen LogP) is 1.77. The van der Waals surface area contributed by atoms with E-state index in [2.05, 4.69) is 5.32 Å². The van der Waals surface area contributed by atoms with E-state index >= 15 is 0 Å². The molecule has 6 nitrogen and oxygen atoms in total. The lowest BCUT2D eigenvalue weighted by molar-refractivity contribution is -0.384. The van der Waals surface area contributed by atoms with E-state index < -0.39 is 4.92 Å². The van der Waals surface area contributed by atoms with Crippen LogP contribution in [0.1, 0.15) is 6.42 Å². The molecule has 1 aromatic carbocycles. The van der Waals surface area contributed by atoms with Gasteiger partial charge in [-0.3, -0.25) is 10.1 Å². The van der Waals surface area contributed by atoms with E-state index in [-0.39, 0.29) is 23.9 Å². The number of nitro groups is 1. The molecule has 0 amide bonds. The Bertz CT molecular complexity index is 525. The van der Waals surface area contributed by atoms with Gasteiger partial charge in [0.05, 0.1) is 17.1 Å². The first kappa shape index (κ1) is 12.7. The molecule has 1 aromatic rings. The number of ether oxygens (including phenoxy) is 1. The van der Waals surface area contributed by atoms with Crippen molar-refractivity contribution in [3.63, 3.8) is 0 Å². The molecule has 4 unspecified atom stereocenters. The maximum atomic E-state index is 11.0. The summed E-state index contributed by atoms with van der Waals surface area (Å²) in [5, 5.41) is 14.6. The molecule has 7 heteroatoms. The van der Waals surface area contributed by atoms with E-state index in [9.17, 15) is 10.1 Å². The Labute approximate surface area is 115 Å². The number of nitrogens with two attached hydrogens (primary N) is 1. The average molecular weight is 284 g/mol. The van der Waals surface area contributed by atoms with Gasteiger partial charge in [-0.2, -0.15) is 0 Å². The molecule has 102 valence electrons.